The molecule has 0 saturated carbocycles. The summed E-state index contributed by atoms with van der Waals surface area (Å²) in [6, 6.07) is 14.2. The fourth-order valence-corrected chi connectivity index (χ4v) is 2.99. The van der Waals surface area contributed by atoms with Crippen molar-refractivity contribution in [2.75, 3.05) is 11.9 Å². The minimum atomic E-state index is 0.00343. The third-order valence-corrected chi connectivity index (χ3v) is 4.74. The third kappa shape index (κ3) is 6.20. The Morgan fingerprint density at radius 1 is 1.16 bits per heavy atom. The van der Waals surface area contributed by atoms with Gasteiger partial charge in [-0.25, -0.2) is 0 Å². The van der Waals surface area contributed by atoms with Crippen LogP contribution in [0.25, 0.3) is 0 Å². The van der Waals surface area contributed by atoms with Crippen LogP contribution in [-0.4, -0.2) is 12.5 Å². The number of benzene rings is 2. The van der Waals surface area contributed by atoms with Crippen LogP contribution in [0.15, 0.2) is 46.9 Å². The fraction of sp³-hybridized carbons (Fsp3) is 0.381. The van der Waals surface area contributed by atoms with Crippen LogP contribution in [0.1, 0.15) is 50.7 Å². The highest BCUT2D eigenvalue weighted by Gasteiger charge is 2.06. The molecule has 0 aliphatic rings. The number of aryl methyl sites for hydroxylation is 1. The number of anilines is 1. The first kappa shape index (κ1) is 19.5. The van der Waals surface area contributed by atoms with E-state index in [2.05, 4.69) is 54.2 Å². The second-order valence-corrected chi connectivity index (χ2v) is 7.25. The molecule has 0 spiro atoms. The van der Waals surface area contributed by atoms with Gasteiger partial charge in [-0.05, 0) is 70.1 Å². The summed E-state index contributed by atoms with van der Waals surface area (Å²) in [6.07, 6.45) is 2.09. The molecule has 2 aromatic carbocycles. The lowest BCUT2D eigenvalue weighted by Gasteiger charge is -2.10. The molecule has 0 unspecified atom stereocenters. The van der Waals surface area contributed by atoms with Crippen molar-refractivity contribution in [3.8, 4) is 5.75 Å². The molecule has 0 saturated heterocycles. The standard InChI is InChI=1S/C21H26BrNO2/c1-4-16-7-12-20(19(22)14-16)23-21(24)6-5-13-25-18-10-8-17(9-11-18)15(2)3/h7-12,14-15H,4-6,13H2,1-3H3,(H,23,24). The number of hydrogen-bond acceptors (Lipinski definition) is 2. The maximum atomic E-state index is 12.1. The van der Waals surface area contributed by atoms with Crippen molar-refractivity contribution in [3.05, 3.63) is 58.1 Å². The molecule has 134 valence electrons. The van der Waals surface area contributed by atoms with Gasteiger partial charge in [0.25, 0.3) is 0 Å². The molecule has 0 aliphatic carbocycles. The molecular weight excluding hydrogens is 378 g/mol. The number of carbonyl (C=O) groups excluding carboxylic acids is 1. The topological polar surface area (TPSA) is 38.3 Å². The van der Waals surface area contributed by atoms with E-state index in [1.54, 1.807) is 0 Å². The van der Waals surface area contributed by atoms with Gasteiger partial charge in [0.1, 0.15) is 5.75 Å². The van der Waals surface area contributed by atoms with Gasteiger partial charge in [-0.1, -0.05) is 39.0 Å². The Morgan fingerprint density at radius 3 is 2.48 bits per heavy atom. The highest BCUT2D eigenvalue weighted by atomic mass is 79.9. The second-order valence-electron chi connectivity index (χ2n) is 6.39. The van der Waals surface area contributed by atoms with Gasteiger partial charge in [0.05, 0.1) is 12.3 Å². The zero-order valence-corrected chi connectivity index (χ0v) is 16.7. The first-order valence-corrected chi connectivity index (χ1v) is 9.60. The molecule has 2 aromatic rings. The first-order valence-electron chi connectivity index (χ1n) is 8.80. The molecule has 1 amide bonds. The molecule has 0 fully saturated rings. The summed E-state index contributed by atoms with van der Waals surface area (Å²) in [5, 5.41) is 2.94. The summed E-state index contributed by atoms with van der Waals surface area (Å²) in [6.45, 7) is 6.98. The molecule has 0 aromatic heterocycles. The number of ether oxygens (including phenoxy) is 1. The predicted octanol–water partition coefficient (Wildman–Crippen LogP) is 5.93. The van der Waals surface area contributed by atoms with Crippen molar-refractivity contribution in [1.29, 1.82) is 0 Å². The molecule has 3 nitrogen and oxygen atoms in total. The van der Waals surface area contributed by atoms with E-state index < -0.39 is 0 Å². The van der Waals surface area contributed by atoms with E-state index in [0.29, 0.717) is 25.4 Å². The average Bonchev–Trinajstić information content (AvgIpc) is 2.61. The van der Waals surface area contributed by atoms with Crippen LogP contribution >= 0.6 is 15.9 Å². The van der Waals surface area contributed by atoms with Crippen LogP contribution in [0, 0.1) is 0 Å². The van der Waals surface area contributed by atoms with Crippen molar-refractivity contribution in [2.24, 2.45) is 0 Å². The number of hydrogen-bond donors (Lipinski definition) is 1. The second kappa shape index (κ2) is 9.62. The van der Waals surface area contributed by atoms with E-state index in [-0.39, 0.29) is 5.91 Å². The maximum Gasteiger partial charge on any atom is 0.224 e. The fourth-order valence-electron chi connectivity index (χ4n) is 2.46. The van der Waals surface area contributed by atoms with Gasteiger partial charge < -0.3 is 10.1 Å². The normalized spacial score (nSPS) is 10.8. The van der Waals surface area contributed by atoms with Crippen LogP contribution in [0.3, 0.4) is 0 Å². The van der Waals surface area contributed by atoms with Crippen molar-refractivity contribution in [2.45, 2.75) is 46.0 Å². The Morgan fingerprint density at radius 2 is 1.88 bits per heavy atom. The highest BCUT2D eigenvalue weighted by Crippen LogP contribution is 2.24. The molecule has 0 bridgehead atoms. The van der Waals surface area contributed by atoms with Crippen LogP contribution in [0.5, 0.6) is 5.75 Å². The summed E-state index contributed by atoms with van der Waals surface area (Å²) in [5.74, 6) is 1.37. The Balaban J connectivity index is 1.73. The molecule has 0 heterocycles. The van der Waals surface area contributed by atoms with Gasteiger partial charge in [0, 0.05) is 10.9 Å². The van der Waals surface area contributed by atoms with Crippen molar-refractivity contribution < 1.29 is 9.53 Å². The van der Waals surface area contributed by atoms with Crippen LogP contribution in [0.2, 0.25) is 0 Å². The minimum Gasteiger partial charge on any atom is -0.494 e. The molecule has 0 atom stereocenters. The molecule has 25 heavy (non-hydrogen) atoms. The van der Waals surface area contributed by atoms with E-state index >= 15 is 0 Å². The highest BCUT2D eigenvalue weighted by molar-refractivity contribution is 9.10. The average molecular weight is 404 g/mol. The largest absolute Gasteiger partial charge is 0.494 e. The summed E-state index contributed by atoms with van der Waals surface area (Å²) in [4.78, 5) is 12.1. The Hall–Kier alpha value is -1.81. The zero-order chi connectivity index (χ0) is 18.2. The SMILES string of the molecule is CCc1ccc(NC(=O)CCCOc2ccc(C(C)C)cc2)c(Br)c1. The quantitative estimate of drug-likeness (QED) is 0.554. The van der Waals surface area contributed by atoms with Gasteiger partial charge in [0.2, 0.25) is 5.91 Å². The van der Waals surface area contributed by atoms with Gasteiger partial charge in [-0.15, -0.1) is 0 Å². The van der Waals surface area contributed by atoms with Crippen molar-refractivity contribution >= 4 is 27.5 Å². The lowest BCUT2D eigenvalue weighted by Crippen LogP contribution is -2.13. The van der Waals surface area contributed by atoms with Crippen LogP contribution < -0.4 is 10.1 Å². The number of amides is 1. The summed E-state index contributed by atoms with van der Waals surface area (Å²) >= 11 is 3.51. The number of carbonyl (C=O) groups is 1. The first-order chi connectivity index (χ1) is 12.0. The number of nitrogens with one attached hydrogen (secondary N) is 1. The van der Waals surface area contributed by atoms with E-state index in [1.165, 1.54) is 11.1 Å². The van der Waals surface area contributed by atoms with Gasteiger partial charge in [-0.3, -0.25) is 4.79 Å². The summed E-state index contributed by atoms with van der Waals surface area (Å²) < 4.78 is 6.62. The van der Waals surface area contributed by atoms with Crippen LogP contribution in [-0.2, 0) is 11.2 Å². The predicted molar refractivity (Wildman–Crippen MR) is 107 cm³/mol. The van der Waals surface area contributed by atoms with Crippen molar-refractivity contribution in [3.63, 3.8) is 0 Å². The van der Waals surface area contributed by atoms with E-state index in [1.807, 2.05) is 30.3 Å². The molecule has 2 rings (SSSR count). The minimum absolute atomic E-state index is 0.00343. The molecule has 1 N–H and O–H groups in total. The number of rotatable bonds is 8. The summed E-state index contributed by atoms with van der Waals surface area (Å²) in [5.41, 5.74) is 3.35. The van der Waals surface area contributed by atoms with Gasteiger partial charge in [0.15, 0.2) is 0 Å². The third-order valence-electron chi connectivity index (χ3n) is 4.08. The van der Waals surface area contributed by atoms with E-state index in [0.717, 1.165) is 22.3 Å². The zero-order valence-electron chi connectivity index (χ0n) is 15.1. The lowest BCUT2D eigenvalue weighted by atomic mass is 10.0. The smallest absolute Gasteiger partial charge is 0.224 e. The van der Waals surface area contributed by atoms with Gasteiger partial charge >= 0.3 is 0 Å². The monoisotopic (exact) mass is 403 g/mol. The van der Waals surface area contributed by atoms with Gasteiger partial charge in [-0.2, -0.15) is 0 Å². The lowest BCUT2D eigenvalue weighted by molar-refractivity contribution is -0.116. The molecule has 0 aliphatic heterocycles. The molecule has 4 heteroatoms. The van der Waals surface area contributed by atoms with E-state index in [9.17, 15) is 4.79 Å². The molecule has 0 radical (unpaired) electrons. The Kier molecular flexibility index (Phi) is 7.51. The Labute approximate surface area is 158 Å². The van der Waals surface area contributed by atoms with E-state index in [4.69, 9.17) is 4.74 Å². The summed E-state index contributed by atoms with van der Waals surface area (Å²) in [7, 11) is 0. The van der Waals surface area contributed by atoms with Crippen molar-refractivity contribution in [1.82, 2.24) is 0 Å². The molecular formula is C21H26BrNO2. The number of halogens is 1. The maximum absolute atomic E-state index is 12.1. The van der Waals surface area contributed by atoms with Crippen LogP contribution in [0.4, 0.5) is 5.69 Å². The Bertz CT molecular complexity index is 696.